The monoisotopic (exact) mass is 309 g/mol. The first-order chi connectivity index (χ1) is 11.2. The number of furan rings is 1. The smallest absolute Gasteiger partial charge is 0.401 e. The minimum absolute atomic E-state index is 0.299. The zero-order valence-electron chi connectivity index (χ0n) is 11.8. The first-order valence-electron chi connectivity index (χ1n) is 6.64. The standard InChI is InChI=1S/C15H11N5O3/c21-20(22)14-8-7-11(23-14)4-3-9-18-19-15-12-5-1-2-6-13(12)16-10-17-15/h1-10H,(H,16,17,19). The largest absolute Gasteiger partial charge is 0.433 e. The van der Waals surface area contributed by atoms with E-state index >= 15 is 0 Å². The van der Waals surface area contributed by atoms with Crippen molar-refractivity contribution < 1.29 is 9.34 Å². The van der Waals surface area contributed by atoms with Crippen LogP contribution in [0.15, 0.2) is 58.3 Å². The number of anilines is 1. The maximum Gasteiger partial charge on any atom is 0.433 e. The summed E-state index contributed by atoms with van der Waals surface area (Å²) in [6.07, 6.45) is 6.11. The Hall–Kier alpha value is -3.55. The number of benzene rings is 1. The third kappa shape index (κ3) is 3.38. The molecular weight excluding hydrogens is 298 g/mol. The van der Waals surface area contributed by atoms with E-state index in [1.165, 1.54) is 24.7 Å². The number of rotatable bonds is 5. The highest BCUT2D eigenvalue weighted by molar-refractivity contribution is 5.89. The molecule has 0 radical (unpaired) electrons. The van der Waals surface area contributed by atoms with E-state index in [2.05, 4.69) is 20.5 Å². The van der Waals surface area contributed by atoms with Gasteiger partial charge in [-0.15, -0.1) is 0 Å². The molecule has 114 valence electrons. The molecule has 3 rings (SSSR count). The fraction of sp³-hybridized carbons (Fsp3) is 0. The summed E-state index contributed by atoms with van der Waals surface area (Å²) in [5, 5.41) is 15.4. The summed E-state index contributed by atoms with van der Waals surface area (Å²) in [6.45, 7) is 0. The molecule has 2 heterocycles. The van der Waals surface area contributed by atoms with Crippen LogP contribution in [0.4, 0.5) is 11.7 Å². The number of fused-ring (bicyclic) bond motifs is 1. The van der Waals surface area contributed by atoms with Gasteiger partial charge in [-0.2, -0.15) is 5.10 Å². The van der Waals surface area contributed by atoms with E-state index in [4.69, 9.17) is 4.42 Å². The molecule has 0 unspecified atom stereocenters. The number of aromatic nitrogens is 2. The van der Waals surface area contributed by atoms with Crippen molar-refractivity contribution >= 4 is 34.9 Å². The second-order valence-corrected chi connectivity index (χ2v) is 4.42. The molecule has 0 fully saturated rings. The molecule has 0 saturated carbocycles. The predicted molar refractivity (Wildman–Crippen MR) is 86.0 cm³/mol. The molecule has 1 N–H and O–H groups in total. The number of hydrazone groups is 1. The predicted octanol–water partition coefficient (Wildman–Crippen LogP) is 3.24. The van der Waals surface area contributed by atoms with Crippen LogP contribution in [0.3, 0.4) is 0 Å². The summed E-state index contributed by atoms with van der Waals surface area (Å²) in [5.41, 5.74) is 3.64. The number of nitrogens with zero attached hydrogens (tertiary/aromatic N) is 4. The van der Waals surface area contributed by atoms with E-state index in [1.54, 1.807) is 12.2 Å². The summed E-state index contributed by atoms with van der Waals surface area (Å²) < 4.78 is 4.98. The number of hydrogen-bond acceptors (Lipinski definition) is 7. The Labute approximate surface area is 130 Å². The number of hydrogen-bond donors (Lipinski definition) is 1. The summed E-state index contributed by atoms with van der Waals surface area (Å²) >= 11 is 0. The Bertz CT molecular complexity index is 896. The molecule has 0 aliphatic rings. The van der Waals surface area contributed by atoms with Crippen LogP contribution >= 0.6 is 0 Å². The average Bonchev–Trinajstić information content (AvgIpc) is 3.04. The van der Waals surface area contributed by atoms with E-state index in [0.29, 0.717) is 11.6 Å². The zero-order valence-corrected chi connectivity index (χ0v) is 11.8. The van der Waals surface area contributed by atoms with E-state index < -0.39 is 4.92 Å². The molecule has 23 heavy (non-hydrogen) atoms. The number of nitrogens with one attached hydrogen (secondary N) is 1. The Morgan fingerprint density at radius 3 is 2.91 bits per heavy atom. The third-order valence-corrected chi connectivity index (χ3v) is 2.93. The van der Waals surface area contributed by atoms with Crippen LogP contribution in [0.25, 0.3) is 17.0 Å². The maximum atomic E-state index is 10.5. The van der Waals surface area contributed by atoms with Gasteiger partial charge in [0, 0.05) is 11.6 Å². The van der Waals surface area contributed by atoms with Crippen molar-refractivity contribution in [2.75, 3.05) is 5.43 Å². The van der Waals surface area contributed by atoms with Crippen molar-refractivity contribution in [3.63, 3.8) is 0 Å². The van der Waals surface area contributed by atoms with E-state index in [1.807, 2.05) is 24.3 Å². The topological polar surface area (TPSA) is 106 Å². The van der Waals surface area contributed by atoms with E-state index in [9.17, 15) is 10.1 Å². The highest BCUT2D eigenvalue weighted by Crippen LogP contribution is 2.18. The number of nitro groups is 1. The summed E-state index contributed by atoms with van der Waals surface area (Å²) in [5.74, 6) is 0.664. The van der Waals surface area contributed by atoms with Crippen molar-refractivity contribution in [2.45, 2.75) is 0 Å². The van der Waals surface area contributed by atoms with Crippen molar-refractivity contribution in [3.8, 4) is 0 Å². The minimum Gasteiger partial charge on any atom is -0.401 e. The lowest BCUT2D eigenvalue weighted by atomic mass is 10.2. The maximum absolute atomic E-state index is 10.5. The number of allylic oxidation sites excluding steroid dienone is 1. The molecule has 0 aliphatic heterocycles. The van der Waals surface area contributed by atoms with Crippen molar-refractivity contribution in [1.82, 2.24) is 9.97 Å². The SMILES string of the molecule is O=[N+]([O-])c1ccc(C=CC=NNc2ncnc3ccccc23)o1. The summed E-state index contributed by atoms with van der Waals surface area (Å²) in [6, 6.07) is 10.4. The Balaban J connectivity index is 1.66. The summed E-state index contributed by atoms with van der Waals surface area (Å²) in [7, 11) is 0. The van der Waals surface area contributed by atoms with Gasteiger partial charge in [0.15, 0.2) is 5.82 Å². The zero-order chi connectivity index (χ0) is 16.1. The van der Waals surface area contributed by atoms with Gasteiger partial charge < -0.3 is 4.42 Å². The molecular formula is C15H11N5O3. The van der Waals surface area contributed by atoms with Gasteiger partial charge in [-0.3, -0.25) is 15.5 Å². The highest BCUT2D eigenvalue weighted by atomic mass is 16.6. The Morgan fingerprint density at radius 2 is 2.09 bits per heavy atom. The molecule has 0 bridgehead atoms. The molecule has 0 aliphatic carbocycles. The van der Waals surface area contributed by atoms with E-state index in [0.717, 1.165) is 10.9 Å². The van der Waals surface area contributed by atoms with Crippen molar-refractivity contribution in [3.05, 3.63) is 64.7 Å². The first-order valence-corrected chi connectivity index (χ1v) is 6.64. The molecule has 2 aromatic heterocycles. The molecule has 0 amide bonds. The van der Waals surface area contributed by atoms with Crippen molar-refractivity contribution in [1.29, 1.82) is 0 Å². The van der Waals surface area contributed by atoms with Crippen LogP contribution in [0, 0.1) is 10.1 Å². The quantitative estimate of drug-likeness (QED) is 0.440. The van der Waals surface area contributed by atoms with Gasteiger partial charge in [0.2, 0.25) is 0 Å². The highest BCUT2D eigenvalue weighted by Gasteiger charge is 2.09. The Morgan fingerprint density at radius 1 is 1.22 bits per heavy atom. The molecule has 3 aromatic rings. The van der Waals surface area contributed by atoms with Gasteiger partial charge in [-0.1, -0.05) is 12.1 Å². The van der Waals surface area contributed by atoms with Gasteiger partial charge in [-0.05, 0) is 30.4 Å². The molecule has 0 atom stereocenters. The van der Waals surface area contributed by atoms with Crippen LogP contribution in [-0.4, -0.2) is 21.1 Å². The average molecular weight is 309 g/mol. The van der Waals surface area contributed by atoms with Gasteiger partial charge in [0.1, 0.15) is 17.0 Å². The molecule has 8 nitrogen and oxygen atoms in total. The molecule has 0 saturated heterocycles. The lowest BCUT2D eigenvalue weighted by molar-refractivity contribution is -0.402. The van der Waals surface area contributed by atoms with Crippen LogP contribution in [0.1, 0.15) is 5.76 Å². The van der Waals surface area contributed by atoms with Gasteiger partial charge >= 0.3 is 5.88 Å². The molecule has 1 aromatic carbocycles. The molecule has 8 heteroatoms. The second-order valence-electron chi connectivity index (χ2n) is 4.42. The van der Waals surface area contributed by atoms with Crippen molar-refractivity contribution in [2.24, 2.45) is 5.10 Å². The Kier molecular flexibility index (Phi) is 4.05. The van der Waals surface area contributed by atoms with Crippen LogP contribution in [0.5, 0.6) is 0 Å². The fourth-order valence-electron chi connectivity index (χ4n) is 1.90. The second kappa shape index (κ2) is 6.48. The normalized spacial score (nSPS) is 11.5. The minimum atomic E-state index is -0.590. The summed E-state index contributed by atoms with van der Waals surface area (Å²) in [4.78, 5) is 18.2. The van der Waals surface area contributed by atoms with Gasteiger partial charge in [0.25, 0.3) is 0 Å². The van der Waals surface area contributed by atoms with Crippen LogP contribution < -0.4 is 5.43 Å². The van der Waals surface area contributed by atoms with Gasteiger partial charge in [-0.25, -0.2) is 9.97 Å². The van der Waals surface area contributed by atoms with E-state index in [-0.39, 0.29) is 5.88 Å². The lowest BCUT2D eigenvalue weighted by Gasteiger charge is -2.02. The van der Waals surface area contributed by atoms with Crippen LogP contribution in [0.2, 0.25) is 0 Å². The lowest BCUT2D eigenvalue weighted by Crippen LogP contribution is -1.94. The molecule has 0 spiro atoms. The first kappa shape index (κ1) is 14.4. The van der Waals surface area contributed by atoms with Gasteiger partial charge in [0.05, 0.1) is 11.6 Å². The fourth-order valence-corrected chi connectivity index (χ4v) is 1.90. The third-order valence-electron chi connectivity index (χ3n) is 2.93. The number of para-hydroxylation sites is 1. The van der Waals surface area contributed by atoms with Crippen LogP contribution in [-0.2, 0) is 0 Å².